The molecule has 0 aromatic carbocycles. The van der Waals surface area contributed by atoms with Crippen LogP contribution in [-0.4, -0.2) is 17.0 Å². The van der Waals surface area contributed by atoms with Gasteiger partial charge in [-0.15, -0.1) is 0 Å². The largest absolute Gasteiger partial charge is 0.381 e. The Kier molecular flexibility index (Phi) is 2.02. The van der Waals surface area contributed by atoms with Crippen LogP contribution in [0.1, 0.15) is 13.3 Å². The molecule has 1 aliphatic carbocycles. The molecule has 2 nitrogen and oxygen atoms in total. The summed E-state index contributed by atoms with van der Waals surface area (Å²) in [5.74, 6) is -0.209. The van der Waals surface area contributed by atoms with E-state index in [2.05, 4.69) is 0 Å². The summed E-state index contributed by atoms with van der Waals surface area (Å²) in [6.07, 6.45) is 4.72. The van der Waals surface area contributed by atoms with Crippen molar-refractivity contribution in [3.8, 4) is 0 Å². The summed E-state index contributed by atoms with van der Waals surface area (Å²) < 4.78 is 0. The fourth-order valence-electron chi connectivity index (χ4n) is 0.846. The number of carbonyl (C=O) groups is 1. The number of allylic oxidation sites excluding steroid dienone is 2. The Morgan fingerprint density at radius 3 is 2.90 bits per heavy atom. The SMILES string of the molecule is CCC1=CC(=O)C(O)C=C1. The molecule has 1 N–H and O–H groups in total. The van der Waals surface area contributed by atoms with E-state index < -0.39 is 6.10 Å². The number of rotatable bonds is 1. The van der Waals surface area contributed by atoms with Gasteiger partial charge in [-0.05, 0) is 24.1 Å². The molecule has 0 fully saturated rings. The molecular weight excluding hydrogens is 128 g/mol. The average Bonchev–Trinajstić information content (AvgIpc) is 1.95. The lowest BCUT2D eigenvalue weighted by Crippen LogP contribution is -2.17. The Morgan fingerprint density at radius 2 is 2.40 bits per heavy atom. The van der Waals surface area contributed by atoms with Crippen molar-refractivity contribution in [3.63, 3.8) is 0 Å². The molecule has 0 radical (unpaired) electrons. The fraction of sp³-hybridized carbons (Fsp3) is 0.375. The summed E-state index contributed by atoms with van der Waals surface area (Å²) in [6.45, 7) is 1.97. The Labute approximate surface area is 59.9 Å². The van der Waals surface area contributed by atoms with Gasteiger partial charge in [-0.25, -0.2) is 0 Å². The second-order valence-corrected chi connectivity index (χ2v) is 2.28. The van der Waals surface area contributed by atoms with Gasteiger partial charge in [0.1, 0.15) is 6.10 Å². The third-order valence-corrected chi connectivity index (χ3v) is 1.52. The number of hydrogen-bond acceptors (Lipinski definition) is 2. The lowest BCUT2D eigenvalue weighted by molar-refractivity contribution is -0.120. The second kappa shape index (κ2) is 2.80. The zero-order chi connectivity index (χ0) is 7.56. The lowest BCUT2D eigenvalue weighted by Gasteiger charge is -2.07. The van der Waals surface area contributed by atoms with Gasteiger partial charge in [0.15, 0.2) is 5.78 Å². The van der Waals surface area contributed by atoms with Crippen molar-refractivity contribution in [3.05, 3.63) is 23.8 Å². The number of aliphatic hydroxyl groups is 1. The average molecular weight is 138 g/mol. The van der Waals surface area contributed by atoms with E-state index in [4.69, 9.17) is 5.11 Å². The molecule has 0 saturated heterocycles. The van der Waals surface area contributed by atoms with E-state index in [1.807, 2.05) is 6.92 Å². The van der Waals surface area contributed by atoms with Gasteiger partial charge in [-0.2, -0.15) is 0 Å². The molecule has 2 heteroatoms. The van der Waals surface area contributed by atoms with Crippen LogP contribution < -0.4 is 0 Å². The minimum atomic E-state index is -0.907. The van der Waals surface area contributed by atoms with Crippen LogP contribution >= 0.6 is 0 Å². The van der Waals surface area contributed by atoms with Gasteiger partial charge in [-0.3, -0.25) is 4.79 Å². The molecule has 0 amide bonds. The van der Waals surface area contributed by atoms with Crippen LogP contribution in [0.25, 0.3) is 0 Å². The summed E-state index contributed by atoms with van der Waals surface area (Å²) in [7, 11) is 0. The van der Waals surface area contributed by atoms with Crippen LogP contribution in [0.5, 0.6) is 0 Å². The number of hydrogen-bond donors (Lipinski definition) is 1. The normalized spacial score (nSPS) is 24.8. The first-order valence-electron chi connectivity index (χ1n) is 3.34. The first-order valence-corrected chi connectivity index (χ1v) is 3.34. The van der Waals surface area contributed by atoms with Gasteiger partial charge >= 0.3 is 0 Å². The van der Waals surface area contributed by atoms with Crippen LogP contribution in [0.2, 0.25) is 0 Å². The maximum absolute atomic E-state index is 10.8. The molecule has 10 heavy (non-hydrogen) atoms. The molecule has 1 atom stereocenters. The molecular formula is C8H10O2. The predicted molar refractivity (Wildman–Crippen MR) is 38.5 cm³/mol. The van der Waals surface area contributed by atoms with Gasteiger partial charge in [0.2, 0.25) is 0 Å². The summed E-state index contributed by atoms with van der Waals surface area (Å²) in [5.41, 5.74) is 0.982. The monoisotopic (exact) mass is 138 g/mol. The Balaban J connectivity index is 2.76. The fourth-order valence-corrected chi connectivity index (χ4v) is 0.846. The van der Waals surface area contributed by atoms with Crippen LogP contribution in [0, 0.1) is 0 Å². The van der Waals surface area contributed by atoms with E-state index >= 15 is 0 Å². The highest BCUT2D eigenvalue weighted by Crippen LogP contribution is 2.09. The van der Waals surface area contributed by atoms with E-state index in [1.165, 1.54) is 12.2 Å². The molecule has 0 aromatic heterocycles. The van der Waals surface area contributed by atoms with Crippen LogP contribution in [0.15, 0.2) is 23.8 Å². The topological polar surface area (TPSA) is 37.3 Å². The third kappa shape index (κ3) is 1.33. The highest BCUT2D eigenvalue weighted by atomic mass is 16.3. The summed E-state index contributed by atoms with van der Waals surface area (Å²) in [5, 5.41) is 8.91. The van der Waals surface area contributed by atoms with Crippen molar-refractivity contribution in [2.75, 3.05) is 0 Å². The lowest BCUT2D eigenvalue weighted by atomic mass is 10.0. The second-order valence-electron chi connectivity index (χ2n) is 2.28. The first-order chi connectivity index (χ1) is 4.74. The molecule has 1 unspecified atom stereocenters. The van der Waals surface area contributed by atoms with Crippen LogP contribution in [0.4, 0.5) is 0 Å². The molecule has 1 aliphatic rings. The van der Waals surface area contributed by atoms with E-state index in [-0.39, 0.29) is 5.78 Å². The zero-order valence-corrected chi connectivity index (χ0v) is 5.87. The summed E-state index contributed by atoms with van der Waals surface area (Å²) in [4.78, 5) is 10.8. The van der Waals surface area contributed by atoms with Crippen molar-refractivity contribution < 1.29 is 9.90 Å². The van der Waals surface area contributed by atoms with Crippen LogP contribution in [-0.2, 0) is 4.79 Å². The molecule has 0 aromatic rings. The third-order valence-electron chi connectivity index (χ3n) is 1.52. The molecule has 0 heterocycles. The number of aliphatic hydroxyl groups excluding tert-OH is 1. The maximum Gasteiger partial charge on any atom is 0.188 e. The molecule has 1 rings (SSSR count). The van der Waals surface area contributed by atoms with E-state index in [9.17, 15) is 4.79 Å². The van der Waals surface area contributed by atoms with Gasteiger partial charge < -0.3 is 5.11 Å². The van der Waals surface area contributed by atoms with E-state index in [0.29, 0.717) is 0 Å². The molecule has 0 spiro atoms. The molecule has 0 bridgehead atoms. The molecule has 0 saturated carbocycles. The minimum absolute atomic E-state index is 0.209. The van der Waals surface area contributed by atoms with Crippen LogP contribution in [0.3, 0.4) is 0 Å². The van der Waals surface area contributed by atoms with Gasteiger partial charge in [0.05, 0.1) is 0 Å². The standard InChI is InChI=1S/C8H10O2/c1-2-6-3-4-7(9)8(10)5-6/h3-5,7,9H,2H2,1H3. The smallest absolute Gasteiger partial charge is 0.188 e. The number of ketones is 1. The highest BCUT2D eigenvalue weighted by molar-refractivity contribution is 5.96. The Bertz CT molecular complexity index is 201. The minimum Gasteiger partial charge on any atom is -0.381 e. The predicted octanol–water partition coefficient (Wildman–Crippen LogP) is 0.823. The molecule has 0 aliphatic heterocycles. The Hall–Kier alpha value is -0.890. The van der Waals surface area contributed by atoms with Gasteiger partial charge in [-0.1, -0.05) is 13.0 Å². The van der Waals surface area contributed by atoms with Crippen molar-refractivity contribution in [1.29, 1.82) is 0 Å². The first kappa shape index (κ1) is 7.22. The molecule has 54 valence electrons. The maximum atomic E-state index is 10.8. The quantitative estimate of drug-likeness (QED) is 0.582. The van der Waals surface area contributed by atoms with E-state index in [1.54, 1.807) is 6.08 Å². The Morgan fingerprint density at radius 1 is 1.70 bits per heavy atom. The number of carbonyl (C=O) groups excluding carboxylic acids is 1. The summed E-state index contributed by atoms with van der Waals surface area (Å²) in [6, 6.07) is 0. The van der Waals surface area contributed by atoms with Crippen molar-refractivity contribution in [1.82, 2.24) is 0 Å². The summed E-state index contributed by atoms with van der Waals surface area (Å²) >= 11 is 0. The van der Waals surface area contributed by atoms with Crippen molar-refractivity contribution in [2.45, 2.75) is 19.4 Å². The van der Waals surface area contributed by atoms with Gasteiger partial charge in [0, 0.05) is 0 Å². The van der Waals surface area contributed by atoms with E-state index in [0.717, 1.165) is 12.0 Å². The zero-order valence-electron chi connectivity index (χ0n) is 5.87. The van der Waals surface area contributed by atoms with Gasteiger partial charge in [0.25, 0.3) is 0 Å². The highest BCUT2D eigenvalue weighted by Gasteiger charge is 2.12. The van der Waals surface area contributed by atoms with Crippen molar-refractivity contribution in [2.24, 2.45) is 0 Å². The van der Waals surface area contributed by atoms with Crippen molar-refractivity contribution >= 4 is 5.78 Å².